The molecule has 1 heterocycles. The van der Waals surface area contributed by atoms with Crippen LogP contribution < -0.4 is 5.32 Å². The number of carbonyl (C=O) groups is 1. The molecule has 6 heteroatoms. The first-order valence-corrected chi connectivity index (χ1v) is 8.00. The molecule has 0 aromatic carbocycles. The lowest BCUT2D eigenvalue weighted by molar-refractivity contribution is -0.144. The van der Waals surface area contributed by atoms with Crippen molar-refractivity contribution in [2.45, 2.75) is 69.5 Å². The predicted molar refractivity (Wildman–Crippen MR) is 74.9 cm³/mol. The SMILES string of the molecule is O=C(CCC(F)(F)F)NCC1(N2CCCCC2)CCCC1. The molecule has 0 aromatic heterocycles. The molecule has 0 atom stereocenters. The summed E-state index contributed by atoms with van der Waals surface area (Å²) in [5.74, 6) is -0.476. The smallest absolute Gasteiger partial charge is 0.354 e. The first-order valence-electron chi connectivity index (χ1n) is 8.00. The van der Waals surface area contributed by atoms with E-state index in [4.69, 9.17) is 0 Å². The molecule has 2 aliphatic rings. The lowest BCUT2D eigenvalue weighted by Gasteiger charge is -2.43. The Bertz CT molecular complexity index is 345. The van der Waals surface area contributed by atoms with Gasteiger partial charge in [-0.05, 0) is 38.8 Å². The summed E-state index contributed by atoms with van der Waals surface area (Å²) in [7, 11) is 0. The van der Waals surface area contributed by atoms with Crippen molar-refractivity contribution in [2.75, 3.05) is 19.6 Å². The average molecular weight is 306 g/mol. The Labute approximate surface area is 124 Å². The van der Waals surface area contributed by atoms with Gasteiger partial charge in [-0.25, -0.2) is 0 Å². The molecule has 122 valence electrons. The highest BCUT2D eigenvalue weighted by molar-refractivity contribution is 5.76. The van der Waals surface area contributed by atoms with Crippen molar-refractivity contribution in [2.24, 2.45) is 0 Å². The molecule has 1 saturated heterocycles. The summed E-state index contributed by atoms with van der Waals surface area (Å²) in [4.78, 5) is 14.1. The van der Waals surface area contributed by atoms with Gasteiger partial charge in [0.05, 0.1) is 6.42 Å². The van der Waals surface area contributed by atoms with Crippen LogP contribution >= 0.6 is 0 Å². The van der Waals surface area contributed by atoms with E-state index in [2.05, 4.69) is 10.2 Å². The predicted octanol–water partition coefficient (Wildman–Crippen LogP) is 3.24. The number of nitrogens with one attached hydrogen (secondary N) is 1. The van der Waals surface area contributed by atoms with E-state index in [0.29, 0.717) is 6.54 Å². The van der Waals surface area contributed by atoms with Gasteiger partial charge in [0, 0.05) is 18.5 Å². The molecule has 0 aromatic rings. The molecular formula is C15H25F3N2O. The summed E-state index contributed by atoms with van der Waals surface area (Å²) < 4.78 is 36.4. The monoisotopic (exact) mass is 306 g/mol. The van der Waals surface area contributed by atoms with E-state index in [-0.39, 0.29) is 5.54 Å². The molecule has 2 rings (SSSR count). The normalized spacial score (nSPS) is 23.2. The Morgan fingerprint density at radius 2 is 1.67 bits per heavy atom. The van der Waals surface area contributed by atoms with Crippen molar-refractivity contribution in [3.8, 4) is 0 Å². The van der Waals surface area contributed by atoms with E-state index < -0.39 is 24.9 Å². The fraction of sp³-hybridized carbons (Fsp3) is 0.933. The molecule has 3 nitrogen and oxygen atoms in total. The quantitative estimate of drug-likeness (QED) is 0.845. The number of alkyl halides is 3. The van der Waals surface area contributed by atoms with Gasteiger partial charge in [0.2, 0.25) is 5.91 Å². The third-order valence-electron chi connectivity index (χ3n) is 4.81. The number of carbonyl (C=O) groups excluding carboxylic acids is 1. The second kappa shape index (κ2) is 6.99. The zero-order valence-corrected chi connectivity index (χ0v) is 12.5. The van der Waals surface area contributed by atoms with Crippen molar-refractivity contribution >= 4 is 5.91 Å². The number of nitrogens with zero attached hydrogens (tertiary/aromatic N) is 1. The second-order valence-electron chi connectivity index (χ2n) is 6.37. The lowest BCUT2D eigenvalue weighted by Crippen LogP contribution is -2.55. The summed E-state index contributed by atoms with van der Waals surface area (Å²) in [6.45, 7) is 2.61. The Morgan fingerprint density at radius 3 is 2.24 bits per heavy atom. The van der Waals surface area contributed by atoms with Gasteiger partial charge < -0.3 is 5.32 Å². The Morgan fingerprint density at radius 1 is 1.05 bits per heavy atom. The number of halogens is 3. The van der Waals surface area contributed by atoms with Crippen molar-refractivity contribution < 1.29 is 18.0 Å². The number of amides is 1. The van der Waals surface area contributed by atoms with Crippen LogP contribution in [0.2, 0.25) is 0 Å². The van der Waals surface area contributed by atoms with Crippen LogP contribution in [-0.2, 0) is 4.79 Å². The molecule has 21 heavy (non-hydrogen) atoms. The van der Waals surface area contributed by atoms with Crippen molar-refractivity contribution in [1.29, 1.82) is 0 Å². The minimum absolute atomic E-state index is 0.00564. The first kappa shape index (κ1) is 16.6. The molecule has 1 aliphatic heterocycles. The molecule has 1 saturated carbocycles. The summed E-state index contributed by atoms with van der Waals surface area (Å²) in [5.41, 5.74) is -0.00564. The topological polar surface area (TPSA) is 32.3 Å². The molecule has 1 N–H and O–H groups in total. The third-order valence-corrected chi connectivity index (χ3v) is 4.81. The van der Waals surface area contributed by atoms with Crippen LogP contribution in [0, 0.1) is 0 Å². The van der Waals surface area contributed by atoms with Crippen LogP contribution in [0.3, 0.4) is 0 Å². The molecule has 0 radical (unpaired) electrons. The largest absolute Gasteiger partial charge is 0.389 e. The zero-order valence-electron chi connectivity index (χ0n) is 12.5. The van der Waals surface area contributed by atoms with Crippen molar-refractivity contribution in [3.63, 3.8) is 0 Å². The van der Waals surface area contributed by atoms with Gasteiger partial charge in [0.1, 0.15) is 0 Å². The molecule has 2 fully saturated rings. The van der Waals surface area contributed by atoms with Crippen LogP contribution in [0.15, 0.2) is 0 Å². The summed E-state index contributed by atoms with van der Waals surface area (Å²) in [6, 6.07) is 0. The maximum absolute atomic E-state index is 12.1. The first-order chi connectivity index (χ1) is 9.91. The Kier molecular flexibility index (Phi) is 5.52. The number of hydrogen-bond acceptors (Lipinski definition) is 2. The minimum atomic E-state index is -4.25. The fourth-order valence-corrected chi connectivity index (χ4v) is 3.61. The van der Waals surface area contributed by atoms with Crippen LogP contribution in [0.1, 0.15) is 57.8 Å². The van der Waals surface area contributed by atoms with Crippen LogP contribution in [-0.4, -0.2) is 42.2 Å². The molecular weight excluding hydrogens is 281 g/mol. The van der Waals surface area contributed by atoms with Gasteiger partial charge in [-0.15, -0.1) is 0 Å². The van der Waals surface area contributed by atoms with Crippen LogP contribution in [0.4, 0.5) is 13.2 Å². The van der Waals surface area contributed by atoms with E-state index in [1.54, 1.807) is 0 Å². The second-order valence-corrected chi connectivity index (χ2v) is 6.37. The summed E-state index contributed by atoms with van der Waals surface area (Å²) in [6.07, 6.45) is 2.27. The van der Waals surface area contributed by atoms with Crippen molar-refractivity contribution in [1.82, 2.24) is 10.2 Å². The maximum atomic E-state index is 12.1. The number of likely N-dealkylation sites (tertiary alicyclic amines) is 1. The standard InChI is InChI=1S/C15H25F3N2O/c16-15(17,18)9-6-13(21)19-12-14(7-2-3-8-14)20-10-4-1-5-11-20/h1-12H2,(H,19,21). The molecule has 0 bridgehead atoms. The maximum Gasteiger partial charge on any atom is 0.389 e. The summed E-state index contributed by atoms with van der Waals surface area (Å²) in [5, 5.41) is 2.75. The highest BCUT2D eigenvalue weighted by atomic mass is 19.4. The van der Waals surface area contributed by atoms with Gasteiger partial charge in [0.15, 0.2) is 0 Å². The van der Waals surface area contributed by atoms with E-state index in [1.807, 2.05) is 0 Å². The average Bonchev–Trinajstić information content (AvgIpc) is 2.93. The van der Waals surface area contributed by atoms with Gasteiger partial charge in [-0.1, -0.05) is 19.3 Å². The fourth-order valence-electron chi connectivity index (χ4n) is 3.61. The van der Waals surface area contributed by atoms with Gasteiger partial charge in [-0.2, -0.15) is 13.2 Å². The van der Waals surface area contributed by atoms with Gasteiger partial charge >= 0.3 is 6.18 Å². The molecule has 1 aliphatic carbocycles. The third kappa shape index (κ3) is 4.87. The Balaban J connectivity index is 1.84. The zero-order chi connectivity index (χ0) is 15.3. The number of rotatable bonds is 5. The van der Waals surface area contributed by atoms with E-state index in [1.165, 1.54) is 19.3 Å². The van der Waals surface area contributed by atoms with Gasteiger partial charge in [-0.3, -0.25) is 9.69 Å². The summed E-state index contributed by atoms with van der Waals surface area (Å²) >= 11 is 0. The van der Waals surface area contributed by atoms with E-state index in [0.717, 1.165) is 38.8 Å². The molecule has 0 unspecified atom stereocenters. The highest BCUT2D eigenvalue weighted by Gasteiger charge is 2.40. The van der Waals surface area contributed by atoms with E-state index in [9.17, 15) is 18.0 Å². The van der Waals surface area contributed by atoms with Crippen LogP contribution in [0.25, 0.3) is 0 Å². The lowest BCUT2D eigenvalue weighted by atomic mass is 9.92. The van der Waals surface area contributed by atoms with Crippen LogP contribution in [0.5, 0.6) is 0 Å². The highest BCUT2D eigenvalue weighted by Crippen LogP contribution is 2.36. The minimum Gasteiger partial charge on any atom is -0.354 e. The van der Waals surface area contributed by atoms with Gasteiger partial charge in [0.25, 0.3) is 0 Å². The molecule has 1 amide bonds. The number of hydrogen-bond donors (Lipinski definition) is 1. The number of piperidine rings is 1. The van der Waals surface area contributed by atoms with E-state index >= 15 is 0 Å². The molecule has 0 spiro atoms. The Hall–Kier alpha value is -0.780. The van der Waals surface area contributed by atoms with Crippen molar-refractivity contribution in [3.05, 3.63) is 0 Å².